The Morgan fingerprint density at radius 2 is 2.04 bits per heavy atom. The predicted octanol–water partition coefficient (Wildman–Crippen LogP) is 4.60. The number of aromatic nitrogens is 1. The number of carbonyl (C=O) groups is 1. The molecule has 124 valence electrons. The third-order valence-corrected chi connectivity index (χ3v) is 4.63. The number of hydrogen-bond donors (Lipinski definition) is 1. The van der Waals surface area contributed by atoms with Gasteiger partial charge in [-0.3, -0.25) is 4.79 Å². The largest absolute Gasteiger partial charge is 0.497 e. The predicted molar refractivity (Wildman–Crippen MR) is 98.2 cm³/mol. The van der Waals surface area contributed by atoms with Gasteiger partial charge >= 0.3 is 0 Å². The molecule has 2 aromatic carbocycles. The summed E-state index contributed by atoms with van der Waals surface area (Å²) in [7, 11) is 1.61. The highest BCUT2D eigenvalue weighted by atomic mass is 35.5. The Balaban J connectivity index is 1.76. The van der Waals surface area contributed by atoms with Crippen LogP contribution in [0.15, 0.2) is 47.8 Å². The molecular weight excluding hydrogens is 358 g/mol. The molecule has 0 aliphatic rings. The first-order valence-electron chi connectivity index (χ1n) is 7.21. The number of nitrogens with zero attached hydrogens (tertiary/aromatic N) is 2. The van der Waals surface area contributed by atoms with Crippen molar-refractivity contribution in [3.05, 3.63) is 64.1 Å². The summed E-state index contributed by atoms with van der Waals surface area (Å²) in [4.78, 5) is 16.7. The maximum Gasteiger partial charge on any atom is 0.275 e. The zero-order valence-electron chi connectivity index (χ0n) is 13.1. The van der Waals surface area contributed by atoms with E-state index in [1.807, 2.05) is 30.3 Å². The fourth-order valence-electron chi connectivity index (χ4n) is 2.12. The Morgan fingerprint density at radius 1 is 1.28 bits per heavy atom. The lowest BCUT2D eigenvalue weighted by molar-refractivity contribution is 0.102. The molecule has 3 aromatic rings. The molecule has 1 N–H and O–H groups in total. The zero-order valence-corrected chi connectivity index (χ0v) is 14.7. The SMILES string of the molecule is COc1ccc(-c2nc(C(=O)Nc3ccc(C#N)c(Cl)c3)cs2)cc1. The molecule has 1 heterocycles. The number of methoxy groups -OCH3 is 1. The fraction of sp³-hybridized carbons (Fsp3) is 0.0556. The van der Waals surface area contributed by atoms with Gasteiger partial charge in [-0.15, -0.1) is 11.3 Å². The molecule has 0 spiro atoms. The van der Waals surface area contributed by atoms with E-state index in [1.54, 1.807) is 24.6 Å². The third-order valence-electron chi connectivity index (χ3n) is 3.42. The molecule has 0 aliphatic heterocycles. The summed E-state index contributed by atoms with van der Waals surface area (Å²) < 4.78 is 5.13. The molecule has 1 aromatic heterocycles. The van der Waals surface area contributed by atoms with Gasteiger partial charge in [-0.2, -0.15) is 5.26 Å². The molecule has 0 saturated carbocycles. The summed E-state index contributed by atoms with van der Waals surface area (Å²) in [6.07, 6.45) is 0. The smallest absolute Gasteiger partial charge is 0.275 e. The second-order valence-corrected chi connectivity index (χ2v) is 6.29. The molecule has 5 nitrogen and oxygen atoms in total. The number of nitriles is 1. The van der Waals surface area contributed by atoms with Crippen molar-refractivity contribution in [1.29, 1.82) is 5.26 Å². The van der Waals surface area contributed by atoms with E-state index in [-0.39, 0.29) is 10.9 Å². The van der Waals surface area contributed by atoms with Gasteiger partial charge in [-0.1, -0.05) is 11.6 Å². The van der Waals surface area contributed by atoms with Crippen LogP contribution in [0, 0.1) is 11.3 Å². The molecule has 0 radical (unpaired) electrons. The first-order chi connectivity index (χ1) is 12.1. The van der Waals surface area contributed by atoms with Gasteiger partial charge in [0.25, 0.3) is 5.91 Å². The number of nitrogens with one attached hydrogen (secondary N) is 1. The lowest BCUT2D eigenvalue weighted by atomic mass is 10.2. The van der Waals surface area contributed by atoms with Gasteiger partial charge in [0, 0.05) is 16.6 Å². The van der Waals surface area contributed by atoms with Crippen molar-refractivity contribution in [3.8, 4) is 22.4 Å². The minimum absolute atomic E-state index is 0.289. The van der Waals surface area contributed by atoms with E-state index in [1.165, 1.54) is 17.4 Å². The van der Waals surface area contributed by atoms with Gasteiger partial charge in [0.2, 0.25) is 0 Å². The average Bonchev–Trinajstić information content (AvgIpc) is 3.12. The number of thiazole rings is 1. The molecule has 0 bridgehead atoms. The van der Waals surface area contributed by atoms with E-state index in [0.717, 1.165) is 16.3 Å². The summed E-state index contributed by atoms with van der Waals surface area (Å²) in [6, 6.07) is 14.2. The number of anilines is 1. The van der Waals surface area contributed by atoms with Crippen LogP contribution in [-0.2, 0) is 0 Å². The molecule has 0 atom stereocenters. The number of hydrogen-bond acceptors (Lipinski definition) is 5. The molecular formula is C18H12ClN3O2S. The number of halogens is 1. The monoisotopic (exact) mass is 369 g/mol. The standard InChI is InChI=1S/C18H12ClN3O2S/c1-24-14-6-3-11(4-7-14)18-22-16(10-25-18)17(23)21-13-5-2-12(9-20)15(19)8-13/h2-8,10H,1H3,(H,21,23). The molecule has 25 heavy (non-hydrogen) atoms. The number of ether oxygens (including phenoxy) is 1. The van der Waals surface area contributed by atoms with Crippen LogP contribution in [-0.4, -0.2) is 18.0 Å². The van der Waals surface area contributed by atoms with Crippen molar-refractivity contribution < 1.29 is 9.53 Å². The lowest BCUT2D eigenvalue weighted by Gasteiger charge is -2.04. The maximum absolute atomic E-state index is 12.3. The van der Waals surface area contributed by atoms with E-state index >= 15 is 0 Å². The number of benzene rings is 2. The molecule has 3 rings (SSSR count). The number of carbonyl (C=O) groups excluding carboxylic acids is 1. The molecule has 0 aliphatic carbocycles. The van der Waals surface area contributed by atoms with Gasteiger partial charge in [-0.25, -0.2) is 4.98 Å². The van der Waals surface area contributed by atoms with E-state index < -0.39 is 0 Å². The van der Waals surface area contributed by atoms with Gasteiger partial charge in [0.1, 0.15) is 22.5 Å². The molecule has 7 heteroatoms. The quantitative estimate of drug-likeness (QED) is 0.729. The summed E-state index contributed by atoms with van der Waals surface area (Å²) in [6.45, 7) is 0. The van der Waals surface area contributed by atoms with Crippen LogP contribution in [0.3, 0.4) is 0 Å². The van der Waals surface area contributed by atoms with Gasteiger partial charge < -0.3 is 10.1 Å². The van der Waals surface area contributed by atoms with Gasteiger partial charge in [-0.05, 0) is 42.5 Å². The Bertz CT molecular complexity index is 961. The lowest BCUT2D eigenvalue weighted by Crippen LogP contribution is -2.12. The van der Waals surface area contributed by atoms with E-state index in [0.29, 0.717) is 16.9 Å². The summed E-state index contributed by atoms with van der Waals surface area (Å²) in [5.74, 6) is 0.424. The second kappa shape index (κ2) is 7.34. The molecule has 1 amide bonds. The van der Waals surface area contributed by atoms with E-state index in [2.05, 4.69) is 10.3 Å². The summed E-state index contributed by atoms with van der Waals surface area (Å²) >= 11 is 7.35. The minimum Gasteiger partial charge on any atom is -0.497 e. The Hall–Kier alpha value is -2.88. The van der Waals surface area contributed by atoms with Crippen molar-refractivity contribution in [2.75, 3.05) is 12.4 Å². The highest BCUT2D eigenvalue weighted by Gasteiger charge is 2.13. The molecule has 0 unspecified atom stereocenters. The van der Waals surface area contributed by atoms with E-state index in [9.17, 15) is 4.79 Å². The van der Waals surface area contributed by atoms with Crippen LogP contribution in [0.25, 0.3) is 10.6 Å². The van der Waals surface area contributed by atoms with Crippen LogP contribution in [0.1, 0.15) is 16.1 Å². The average molecular weight is 370 g/mol. The van der Waals surface area contributed by atoms with Crippen molar-refractivity contribution in [3.63, 3.8) is 0 Å². The van der Waals surface area contributed by atoms with Gasteiger partial charge in [0.15, 0.2) is 0 Å². The van der Waals surface area contributed by atoms with Crippen LogP contribution in [0.4, 0.5) is 5.69 Å². The third kappa shape index (κ3) is 3.79. The number of amides is 1. The highest BCUT2D eigenvalue weighted by molar-refractivity contribution is 7.13. The van der Waals surface area contributed by atoms with Crippen molar-refractivity contribution >= 4 is 34.5 Å². The van der Waals surface area contributed by atoms with Crippen LogP contribution in [0.5, 0.6) is 5.75 Å². The second-order valence-electron chi connectivity index (χ2n) is 5.03. The Labute approximate surface area is 153 Å². The highest BCUT2D eigenvalue weighted by Crippen LogP contribution is 2.26. The number of rotatable bonds is 4. The summed E-state index contributed by atoms with van der Waals surface area (Å²) in [5.41, 5.74) is 2.09. The molecule has 0 saturated heterocycles. The first kappa shape index (κ1) is 17.0. The minimum atomic E-state index is -0.336. The topological polar surface area (TPSA) is 75.0 Å². The fourth-order valence-corrected chi connectivity index (χ4v) is 3.15. The first-order valence-corrected chi connectivity index (χ1v) is 8.47. The van der Waals surface area contributed by atoms with Crippen molar-refractivity contribution in [2.24, 2.45) is 0 Å². The Morgan fingerprint density at radius 3 is 2.68 bits per heavy atom. The van der Waals surface area contributed by atoms with Crippen LogP contribution >= 0.6 is 22.9 Å². The van der Waals surface area contributed by atoms with Crippen LogP contribution < -0.4 is 10.1 Å². The van der Waals surface area contributed by atoms with Crippen molar-refractivity contribution in [1.82, 2.24) is 4.98 Å². The summed E-state index contributed by atoms with van der Waals surface area (Å²) in [5, 5.41) is 14.3. The van der Waals surface area contributed by atoms with Crippen molar-refractivity contribution in [2.45, 2.75) is 0 Å². The normalized spacial score (nSPS) is 10.1. The van der Waals surface area contributed by atoms with E-state index in [4.69, 9.17) is 21.6 Å². The Kier molecular flexibility index (Phi) is 4.98. The maximum atomic E-state index is 12.3. The zero-order chi connectivity index (χ0) is 17.8. The van der Waals surface area contributed by atoms with Crippen LogP contribution in [0.2, 0.25) is 5.02 Å². The molecule has 0 fully saturated rings. The van der Waals surface area contributed by atoms with Gasteiger partial charge in [0.05, 0.1) is 17.7 Å².